The summed E-state index contributed by atoms with van der Waals surface area (Å²) in [6.07, 6.45) is 7.76. The molecule has 0 spiro atoms. The van der Waals surface area contributed by atoms with Gasteiger partial charge in [-0.2, -0.15) is 0 Å². The molecule has 2 saturated heterocycles. The fourth-order valence-electron chi connectivity index (χ4n) is 3.69. The number of nitrogens with zero attached hydrogens (tertiary/aromatic N) is 1. The van der Waals surface area contributed by atoms with Crippen molar-refractivity contribution < 1.29 is 14.3 Å². The number of cyclic esters (lactones) is 1. The quantitative estimate of drug-likeness (QED) is 0.733. The number of esters is 1. The Morgan fingerprint density at radius 1 is 1.16 bits per heavy atom. The zero-order valence-electron chi connectivity index (χ0n) is 11.5. The molecule has 2 heterocycles. The number of hydrogen-bond donors (Lipinski definition) is 0. The van der Waals surface area contributed by atoms with Crippen molar-refractivity contribution in [3.05, 3.63) is 0 Å². The van der Waals surface area contributed by atoms with Crippen LogP contribution in [-0.4, -0.2) is 36.5 Å². The van der Waals surface area contributed by atoms with Gasteiger partial charge < -0.3 is 9.64 Å². The monoisotopic (exact) mass is 265 g/mol. The van der Waals surface area contributed by atoms with Crippen LogP contribution < -0.4 is 0 Å². The first-order valence-corrected chi connectivity index (χ1v) is 7.66. The third-order valence-electron chi connectivity index (χ3n) is 4.98. The van der Waals surface area contributed by atoms with E-state index in [2.05, 4.69) is 0 Å². The minimum Gasteiger partial charge on any atom is -0.465 e. The molecule has 1 amide bonds. The SMILES string of the molecule is O=C1C[C@@H](CC(=O)N2CC(C3CCCCC3)C2)CO1. The maximum atomic E-state index is 12.1. The van der Waals surface area contributed by atoms with Crippen LogP contribution >= 0.6 is 0 Å². The molecule has 0 bridgehead atoms. The molecule has 0 aromatic rings. The van der Waals surface area contributed by atoms with E-state index >= 15 is 0 Å². The van der Waals surface area contributed by atoms with E-state index in [1.807, 2.05) is 4.90 Å². The highest BCUT2D eigenvalue weighted by Crippen LogP contribution is 2.35. The second kappa shape index (κ2) is 5.51. The van der Waals surface area contributed by atoms with Crippen molar-refractivity contribution in [2.75, 3.05) is 19.7 Å². The van der Waals surface area contributed by atoms with Gasteiger partial charge in [0, 0.05) is 25.4 Å². The third kappa shape index (κ3) is 2.93. The average molecular weight is 265 g/mol. The summed E-state index contributed by atoms with van der Waals surface area (Å²) in [5, 5.41) is 0. The standard InChI is InChI=1S/C15H23NO3/c17-14(6-11-7-15(18)19-10-11)16-8-13(9-16)12-4-2-1-3-5-12/h11-13H,1-10H2/t11-/m1/s1. The predicted octanol–water partition coefficient (Wildman–Crippen LogP) is 1.98. The highest BCUT2D eigenvalue weighted by molar-refractivity contribution is 5.79. The number of ether oxygens (including phenoxy) is 1. The Bertz CT molecular complexity index is 356. The molecule has 106 valence electrons. The van der Waals surface area contributed by atoms with E-state index in [0.717, 1.165) is 24.9 Å². The lowest BCUT2D eigenvalue weighted by Gasteiger charge is -2.45. The smallest absolute Gasteiger partial charge is 0.306 e. The molecule has 4 nitrogen and oxygen atoms in total. The zero-order chi connectivity index (χ0) is 13.2. The Labute approximate surface area is 114 Å². The van der Waals surface area contributed by atoms with E-state index in [9.17, 15) is 9.59 Å². The zero-order valence-corrected chi connectivity index (χ0v) is 11.5. The first-order valence-electron chi connectivity index (χ1n) is 7.66. The van der Waals surface area contributed by atoms with Crippen molar-refractivity contribution in [1.29, 1.82) is 0 Å². The highest BCUT2D eigenvalue weighted by Gasteiger charge is 2.37. The van der Waals surface area contributed by atoms with Crippen LogP contribution in [0.15, 0.2) is 0 Å². The third-order valence-corrected chi connectivity index (χ3v) is 4.98. The molecule has 1 atom stereocenters. The van der Waals surface area contributed by atoms with Crippen molar-refractivity contribution in [2.24, 2.45) is 17.8 Å². The second-order valence-corrected chi connectivity index (χ2v) is 6.41. The average Bonchev–Trinajstić information content (AvgIpc) is 2.74. The van der Waals surface area contributed by atoms with Crippen molar-refractivity contribution in [3.63, 3.8) is 0 Å². The van der Waals surface area contributed by atoms with E-state index < -0.39 is 0 Å². The molecular weight excluding hydrogens is 242 g/mol. The van der Waals surface area contributed by atoms with Gasteiger partial charge in [-0.25, -0.2) is 0 Å². The topological polar surface area (TPSA) is 46.6 Å². The molecule has 19 heavy (non-hydrogen) atoms. The molecule has 0 N–H and O–H groups in total. The van der Waals surface area contributed by atoms with Gasteiger partial charge in [0.05, 0.1) is 13.0 Å². The van der Waals surface area contributed by atoms with Gasteiger partial charge in [-0.1, -0.05) is 32.1 Å². The number of amides is 1. The summed E-state index contributed by atoms with van der Waals surface area (Å²) in [4.78, 5) is 25.0. The van der Waals surface area contributed by atoms with E-state index in [-0.39, 0.29) is 17.8 Å². The lowest BCUT2D eigenvalue weighted by molar-refractivity contribution is -0.140. The lowest BCUT2D eigenvalue weighted by Crippen LogP contribution is -2.53. The van der Waals surface area contributed by atoms with Gasteiger partial charge in [0.25, 0.3) is 0 Å². The molecule has 0 unspecified atom stereocenters. The van der Waals surface area contributed by atoms with Crippen LogP contribution in [0.3, 0.4) is 0 Å². The Morgan fingerprint density at radius 2 is 1.89 bits per heavy atom. The molecule has 1 saturated carbocycles. The van der Waals surface area contributed by atoms with Gasteiger partial charge in [0.2, 0.25) is 5.91 Å². The van der Waals surface area contributed by atoms with Crippen molar-refractivity contribution in [2.45, 2.75) is 44.9 Å². The molecule has 1 aliphatic carbocycles. The molecule has 4 heteroatoms. The summed E-state index contributed by atoms with van der Waals surface area (Å²) in [5.41, 5.74) is 0. The summed E-state index contributed by atoms with van der Waals surface area (Å²) in [6, 6.07) is 0. The molecule has 0 aromatic heterocycles. The number of carbonyl (C=O) groups is 2. The van der Waals surface area contributed by atoms with Crippen molar-refractivity contribution in [3.8, 4) is 0 Å². The van der Waals surface area contributed by atoms with Crippen LogP contribution in [0.25, 0.3) is 0 Å². The molecule has 2 aliphatic heterocycles. The fraction of sp³-hybridized carbons (Fsp3) is 0.867. The lowest BCUT2D eigenvalue weighted by atomic mass is 9.76. The largest absolute Gasteiger partial charge is 0.465 e. The van der Waals surface area contributed by atoms with E-state index in [0.29, 0.717) is 19.4 Å². The van der Waals surface area contributed by atoms with Crippen LogP contribution in [0, 0.1) is 17.8 Å². The van der Waals surface area contributed by atoms with Crippen LogP contribution in [0.5, 0.6) is 0 Å². The summed E-state index contributed by atoms with van der Waals surface area (Å²) < 4.78 is 4.90. The Hall–Kier alpha value is -1.06. The van der Waals surface area contributed by atoms with Gasteiger partial charge in [-0.15, -0.1) is 0 Å². The van der Waals surface area contributed by atoms with Gasteiger partial charge in [0.1, 0.15) is 0 Å². The second-order valence-electron chi connectivity index (χ2n) is 6.41. The van der Waals surface area contributed by atoms with Gasteiger partial charge >= 0.3 is 5.97 Å². The first-order chi connectivity index (χ1) is 9.22. The number of hydrogen-bond acceptors (Lipinski definition) is 3. The van der Waals surface area contributed by atoms with E-state index in [4.69, 9.17) is 4.74 Å². The molecule has 3 rings (SSSR count). The van der Waals surface area contributed by atoms with Gasteiger partial charge in [-0.05, 0) is 11.8 Å². The minimum absolute atomic E-state index is 0.119. The number of rotatable bonds is 3. The van der Waals surface area contributed by atoms with Crippen LogP contribution in [0.2, 0.25) is 0 Å². The molecule has 0 aromatic carbocycles. The molecule has 3 fully saturated rings. The van der Waals surface area contributed by atoms with Gasteiger partial charge in [0.15, 0.2) is 0 Å². The van der Waals surface area contributed by atoms with Crippen molar-refractivity contribution >= 4 is 11.9 Å². The predicted molar refractivity (Wildman–Crippen MR) is 70.3 cm³/mol. The first kappa shape index (κ1) is 12.9. The van der Waals surface area contributed by atoms with E-state index in [1.54, 1.807) is 0 Å². The normalized spacial score (nSPS) is 29.2. The summed E-state index contributed by atoms with van der Waals surface area (Å²) in [6.45, 7) is 2.33. The van der Waals surface area contributed by atoms with Crippen LogP contribution in [0.1, 0.15) is 44.9 Å². The summed E-state index contributed by atoms with van der Waals surface area (Å²) >= 11 is 0. The highest BCUT2D eigenvalue weighted by atomic mass is 16.5. The Morgan fingerprint density at radius 3 is 2.53 bits per heavy atom. The summed E-state index contributed by atoms with van der Waals surface area (Å²) in [5.74, 6) is 1.78. The fourth-order valence-corrected chi connectivity index (χ4v) is 3.69. The molecule has 3 aliphatic rings. The van der Waals surface area contributed by atoms with Gasteiger partial charge in [-0.3, -0.25) is 9.59 Å². The van der Waals surface area contributed by atoms with E-state index in [1.165, 1.54) is 32.1 Å². The maximum absolute atomic E-state index is 12.1. The van der Waals surface area contributed by atoms with Crippen LogP contribution in [-0.2, 0) is 14.3 Å². The number of carbonyl (C=O) groups excluding carboxylic acids is 2. The maximum Gasteiger partial charge on any atom is 0.306 e. The van der Waals surface area contributed by atoms with Crippen LogP contribution in [0.4, 0.5) is 0 Å². The molecular formula is C15H23NO3. The summed E-state index contributed by atoms with van der Waals surface area (Å²) in [7, 11) is 0. The Kier molecular flexibility index (Phi) is 3.76. The minimum atomic E-state index is -0.151. The number of likely N-dealkylation sites (tertiary alicyclic amines) is 1. The van der Waals surface area contributed by atoms with Crippen molar-refractivity contribution in [1.82, 2.24) is 4.90 Å². The Balaban J connectivity index is 1.40. The molecule has 0 radical (unpaired) electrons.